The van der Waals surface area contributed by atoms with E-state index in [2.05, 4.69) is 10.6 Å². The van der Waals surface area contributed by atoms with Crippen LogP contribution in [-0.4, -0.2) is 60.5 Å². The van der Waals surface area contributed by atoms with E-state index >= 15 is 0 Å². The lowest BCUT2D eigenvalue weighted by Gasteiger charge is -2.22. The first kappa shape index (κ1) is 14.9. The Hall–Kier alpha value is -1.18. The molecule has 1 amide bonds. The molecule has 1 atom stereocenters. The van der Waals surface area contributed by atoms with Crippen molar-refractivity contribution in [3.05, 3.63) is 0 Å². The molecule has 18 heavy (non-hydrogen) atoms. The van der Waals surface area contributed by atoms with Crippen molar-refractivity contribution in [1.29, 1.82) is 0 Å². The number of hydrogen-bond donors (Lipinski definition) is 4. The Bertz CT molecular complexity index is 279. The number of aliphatic hydroxyl groups is 1. The quantitative estimate of drug-likeness (QED) is 0.453. The van der Waals surface area contributed by atoms with E-state index in [1.165, 1.54) is 0 Å². The summed E-state index contributed by atoms with van der Waals surface area (Å²) in [5.41, 5.74) is 0. The monoisotopic (exact) mass is 260 g/mol. The average molecular weight is 260 g/mol. The van der Waals surface area contributed by atoms with Crippen LogP contribution in [0.15, 0.2) is 0 Å². The summed E-state index contributed by atoms with van der Waals surface area (Å²) < 4.78 is 5.53. The molecular weight excluding hydrogens is 240 g/mol. The van der Waals surface area contributed by atoms with E-state index in [0.717, 1.165) is 25.9 Å². The molecule has 0 radical (unpaired) electrons. The summed E-state index contributed by atoms with van der Waals surface area (Å²) in [6, 6.07) is 0. The van der Waals surface area contributed by atoms with Crippen LogP contribution in [0.1, 0.15) is 19.3 Å². The summed E-state index contributed by atoms with van der Waals surface area (Å²) in [6.07, 6.45) is 0.706. The predicted molar refractivity (Wildman–Crippen MR) is 63.1 cm³/mol. The first-order valence-electron chi connectivity index (χ1n) is 6.09. The molecule has 0 aromatic heterocycles. The Kier molecular flexibility index (Phi) is 6.63. The highest BCUT2D eigenvalue weighted by Gasteiger charge is 2.15. The predicted octanol–water partition coefficient (Wildman–Crippen LogP) is -1.29. The van der Waals surface area contributed by atoms with E-state index in [1.807, 2.05) is 0 Å². The van der Waals surface area contributed by atoms with Crippen molar-refractivity contribution in [2.75, 3.05) is 26.2 Å². The van der Waals surface area contributed by atoms with Gasteiger partial charge in [-0.15, -0.1) is 0 Å². The van der Waals surface area contributed by atoms with Crippen molar-refractivity contribution in [2.45, 2.75) is 31.5 Å². The molecule has 1 fully saturated rings. The second kappa shape index (κ2) is 8.02. The number of ether oxygens (including phenoxy) is 1. The van der Waals surface area contributed by atoms with Gasteiger partial charge in [0.1, 0.15) is 0 Å². The molecule has 1 rings (SSSR count). The molecule has 0 spiro atoms. The summed E-state index contributed by atoms with van der Waals surface area (Å²) in [5.74, 6) is -1.66. The number of nitrogens with one attached hydrogen (secondary N) is 2. The third-order valence-electron chi connectivity index (χ3n) is 2.75. The van der Waals surface area contributed by atoms with Gasteiger partial charge >= 0.3 is 5.97 Å². The van der Waals surface area contributed by atoms with Crippen LogP contribution < -0.4 is 10.6 Å². The molecule has 1 saturated heterocycles. The minimum absolute atomic E-state index is 0.177. The van der Waals surface area contributed by atoms with Gasteiger partial charge in [0.15, 0.2) is 6.10 Å². The zero-order valence-electron chi connectivity index (χ0n) is 10.2. The number of aliphatic carboxylic acids is 1. The van der Waals surface area contributed by atoms with Gasteiger partial charge in [0.25, 0.3) is 0 Å². The lowest BCUT2D eigenvalue weighted by molar-refractivity contribution is -0.146. The smallest absolute Gasteiger partial charge is 0.334 e. The Labute approximate surface area is 106 Å². The van der Waals surface area contributed by atoms with Gasteiger partial charge in [0.2, 0.25) is 5.91 Å². The zero-order valence-corrected chi connectivity index (χ0v) is 10.2. The van der Waals surface area contributed by atoms with Gasteiger partial charge in [-0.1, -0.05) is 0 Å². The number of carbonyl (C=O) groups is 2. The summed E-state index contributed by atoms with van der Waals surface area (Å²) >= 11 is 0. The van der Waals surface area contributed by atoms with E-state index in [-0.39, 0.29) is 25.0 Å². The number of carboxylic acid groups (broad SMARTS) is 1. The molecule has 1 heterocycles. The molecular formula is C11H20N2O5. The van der Waals surface area contributed by atoms with Crippen LogP contribution in [0.25, 0.3) is 0 Å². The molecule has 0 aromatic carbocycles. The molecule has 0 aromatic rings. The highest BCUT2D eigenvalue weighted by Crippen LogP contribution is 2.07. The molecule has 4 N–H and O–H groups in total. The van der Waals surface area contributed by atoms with Crippen molar-refractivity contribution >= 4 is 11.9 Å². The summed E-state index contributed by atoms with van der Waals surface area (Å²) in [6.45, 7) is 1.91. The fourth-order valence-corrected chi connectivity index (χ4v) is 1.67. The summed E-state index contributed by atoms with van der Waals surface area (Å²) in [7, 11) is 0. The standard InChI is InChI=1S/C11H20N2O5/c14-9(11(16)17)7-13-10(15)3-6-18-8-1-4-12-5-2-8/h8-9,12,14H,1-7H2,(H,13,15)(H,16,17)/t9-/m0/s1. The van der Waals surface area contributed by atoms with Gasteiger partial charge in [0, 0.05) is 6.42 Å². The average Bonchev–Trinajstić information content (AvgIpc) is 2.37. The third kappa shape index (κ3) is 5.95. The molecule has 0 unspecified atom stereocenters. The van der Waals surface area contributed by atoms with Crippen LogP contribution in [0.4, 0.5) is 0 Å². The number of rotatable bonds is 7. The number of aliphatic hydroxyl groups excluding tert-OH is 1. The summed E-state index contributed by atoms with van der Waals surface area (Å²) in [5, 5.41) is 22.9. The van der Waals surface area contributed by atoms with Gasteiger partial charge in [-0.25, -0.2) is 4.79 Å². The van der Waals surface area contributed by atoms with Crippen LogP contribution in [0, 0.1) is 0 Å². The van der Waals surface area contributed by atoms with Crippen molar-refractivity contribution in [1.82, 2.24) is 10.6 Å². The maximum absolute atomic E-state index is 11.3. The van der Waals surface area contributed by atoms with Gasteiger partial charge in [-0.3, -0.25) is 4.79 Å². The van der Waals surface area contributed by atoms with Crippen LogP contribution in [0.5, 0.6) is 0 Å². The third-order valence-corrected chi connectivity index (χ3v) is 2.75. The fraction of sp³-hybridized carbons (Fsp3) is 0.818. The minimum atomic E-state index is -1.56. The molecule has 0 bridgehead atoms. The van der Waals surface area contributed by atoms with Crippen molar-refractivity contribution < 1.29 is 24.5 Å². The SMILES string of the molecule is O=C(CCOC1CCNCC1)NC[C@H](O)C(=O)O. The second-order valence-electron chi connectivity index (χ2n) is 4.23. The molecule has 1 aliphatic rings. The number of carboxylic acids is 1. The van der Waals surface area contributed by atoms with E-state index in [4.69, 9.17) is 14.9 Å². The van der Waals surface area contributed by atoms with Crippen molar-refractivity contribution in [3.63, 3.8) is 0 Å². The second-order valence-corrected chi connectivity index (χ2v) is 4.23. The maximum atomic E-state index is 11.3. The van der Waals surface area contributed by atoms with Gasteiger partial charge in [-0.05, 0) is 25.9 Å². The number of carbonyl (C=O) groups excluding carboxylic acids is 1. The lowest BCUT2D eigenvalue weighted by atomic mass is 10.1. The van der Waals surface area contributed by atoms with Gasteiger partial charge in [-0.2, -0.15) is 0 Å². The number of piperidine rings is 1. The minimum Gasteiger partial charge on any atom is -0.479 e. The Morgan fingerprint density at radius 2 is 2.06 bits per heavy atom. The van der Waals surface area contributed by atoms with E-state index < -0.39 is 12.1 Å². The number of amides is 1. The van der Waals surface area contributed by atoms with Crippen molar-refractivity contribution in [2.24, 2.45) is 0 Å². The van der Waals surface area contributed by atoms with Crippen LogP contribution in [-0.2, 0) is 14.3 Å². The van der Waals surface area contributed by atoms with Crippen LogP contribution >= 0.6 is 0 Å². The van der Waals surface area contributed by atoms with E-state index in [0.29, 0.717) is 6.61 Å². The van der Waals surface area contributed by atoms with Gasteiger partial charge in [0.05, 0.1) is 19.3 Å². The molecule has 0 aliphatic carbocycles. The molecule has 0 saturated carbocycles. The zero-order chi connectivity index (χ0) is 13.4. The lowest BCUT2D eigenvalue weighted by Crippen LogP contribution is -2.37. The van der Waals surface area contributed by atoms with E-state index in [1.54, 1.807) is 0 Å². The van der Waals surface area contributed by atoms with E-state index in [9.17, 15) is 9.59 Å². The molecule has 7 nitrogen and oxygen atoms in total. The van der Waals surface area contributed by atoms with Gasteiger partial charge < -0.3 is 25.6 Å². The summed E-state index contributed by atoms with van der Waals surface area (Å²) in [4.78, 5) is 21.6. The number of hydrogen-bond acceptors (Lipinski definition) is 5. The molecule has 7 heteroatoms. The molecule has 1 aliphatic heterocycles. The fourth-order valence-electron chi connectivity index (χ4n) is 1.67. The van der Waals surface area contributed by atoms with Crippen LogP contribution in [0.3, 0.4) is 0 Å². The highest BCUT2D eigenvalue weighted by atomic mass is 16.5. The van der Waals surface area contributed by atoms with Crippen LogP contribution in [0.2, 0.25) is 0 Å². The van der Waals surface area contributed by atoms with Crippen molar-refractivity contribution in [3.8, 4) is 0 Å². The Morgan fingerprint density at radius 3 is 2.67 bits per heavy atom. The maximum Gasteiger partial charge on any atom is 0.334 e. The first-order valence-corrected chi connectivity index (χ1v) is 6.09. The Morgan fingerprint density at radius 1 is 1.39 bits per heavy atom. The largest absolute Gasteiger partial charge is 0.479 e. The normalized spacial score (nSPS) is 18.3. The first-order chi connectivity index (χ1) is 8.59. The Balaban J connectivity index is 2.04. The highest BCUT2D eigenvalue weighted by molar-refractivity contribution is 5.78. The topological polar surface area (TPSA) is 108 Å². The molecule has 104 valence electrons.